The third-order valence-electron chi connectivity index (χ3n) is 5.65. The van der Waals surface area contributed by atoms with Gasteiger partial charge in [0, 0.05) is 33.7 Å². The first-order chi connectivity index (χ1) is 14.1. The summed E-state index contributed by atoms with van der Waals surface area (Å²) in [4.78, 5) is 21.7. The Labute approximate surface area is 172 Å². The molecule has 1 aliphatic heterocycles. The van der Waals surface area contributed by atoms with E-state index in [2.05, 4.69) is 5.32 Å². The quantitative estimate of drug-likeness (QED) is 0.563. The Hall–Kier alpha value is -2.20. The van der Waals surface area contributed by atoms with Crippen LogP contribution in [0.15, 0.2) is 18.2 Å². The SMILES string of the molecule is CO[C@@H]1C[C@H]2CN(Cc3cc(F)ccc3C(F)(F)F)C[C@H]2C[C@H]1NC(C)=O.O=CO. The number of likely N-dealkylation sites (tertiary alicyclic amines) is 1. The molecule has 0 unspecified atom stereocenters. The van der Waals surface area contributed by atoms with E-state index in [1.807, 2.05) is 4.90 Å². The number of methoxy groups -OCH3 is 1. The van der Waals surface area contributed by atoms with Crippen LogP contribution in [0.25, 0.3) is 0 Å². The van der Waals surface area contributed by atoms with Crippen molar-refractivity contribution in [2.45, 2.75) is 44.6 Å². The highest BCUT2D eigenvalue weighted by atomic mass is 19.4. The van der Waals surface area contributed by atoms with Crippen LogP contribution in [-0.2, 0) is 27.0 Å². The first-order valence-electron chi connectivity index (χ1n) is 9.54. The maximum absolute atomic E-state index is 13.5. The topological polar surface area (TPSA) is 78.9 Å². The van der Waals surface area contributed by atoms with E-state index in [0.717, 1.165) is 31.0 Å². The molecular formula is C20H26F4N2O4. The Morgan fingerprint density at radius 2 is 1.90 bits per heavy atom. The molecule has 1 saturated heterocycles. The number of ether oxygens (including phenoxy) is 1. The van der Waals surface area contributed by atoms with Gasteiger partial charge < -0.3 is 15.2 Å². The van der Waals surface area contributed by atoms with E-state index >= 15 is 0 Å². The number of halogens is 4. The minimum atomic E-state index is -4.51. The summed E-state index contributed by atoms with van der Waals surface area (Å²) in [6, 6.07) is 2.54. The van der Waals surface area contributed by atoms with Gasteiger partial charge in [-0.25, -0.2) is 4.39 Å². The molecular weight excluding hydrogens is 408 g/mol. The van der Waals surface area contributed by atoms with Gasteiger partial charge in [0.2, 0.25) is 5.91 Å². The number of carbonyl (C=O) groups excluding carboxylic acids is 1. The zero-order valence-electron chi connectivity index (χ0n) is 16.8. The predicted octanol–water partition coefficient (Wildman–Crippen LogP) is 2.91. The van der Waals surface area contributed by atoms with Crippen molar-refractivity contribution in [3.8, 4) is 0 Å². The Morgan fingerprint density at radius 3 is 2.43 bits per heavy atom. The number of nitrogens with one attached hydrogen (secondary N) is 1. The molecule has 10 heteroatoms. The van der Waals surface area contributed by atoms with Gasteiger partial charge in [-0.1, -0.05) is 0 Å². The standard InChI is InChI=1S/C19H24F4N2O2.CH2O2/c1-11(26)24-17-6-12-8-25(9-13(12)7-18(17)27-2)10-14-5-15(20)3-4-16(14)19(21,22)23;2-1-3/h3-5,12-13,17-18H,6-10H2,1-2H3,(H,24,26);1H,(H,2,3)/t12-,13+,17-,18-;/m1./s1. The lowest BCUT2D eigenvalue weighted by molar-refractivity contribution is -0.138. The highest BCUT2D eigenvalue weighted by Crippen LogP contribution is 2.39. The van der Waals surface area contributed by atoms with Crippen molar-refractivity contribution < 1.29 is 37.0 Å². The number of fused-ring (bicyclic) bond motifs is 1. The van der Waals surface area contributed by atoms with E-state index in [1.165, 1.54) is 6.92 Å². The van der Waals surface area contributed by atoms with Crippen LogP contribution < -0.4 is 5.32 Å². The molecule has 30 heavy (non-hydrogen) atoms. The van der Waals surface area contributed by atoms with Gasteiger partial charge in [-0.2, -0.15) is 13.2 Å². The first-order valence-corrected chi connectivity index (χ1v) is 9.54. The number of nitrogens with zero attached hydrogens (tertiary/aromatic N) is 1. The van der Waals surface area contributed by atoms with E-state index in [9.17, 15) is 22.4 Å². The number of benzene rings is 1. The van der Waals surface area contributed by atoms with Gasteiger partial charge in [0.15, 0.2) is 0 Å². The molecule has 1 amide bonds. The molecule has 1 saturated carbocycles. The maximum atomic E-state index is 13.5. The van der Waals surface area contributed by atoms with E-state index in [1.54, 1.807) is 7.11 Å². The molecule has 2 fully saturated rings. The second-order valence-corrected chi connectivity index (χ2v) is 7.67. The second-order valence-electron chi connectivity index (χ2n) is 7.67. The fraction of sp³-hybridized carbons (Fsp3) is 0.600. The first kappa shape index (κ1) is 24.1. The molecule has 0 aromatic heterocycles. The molecule has 6 nitrogen and oxygen atoms in total. The van der Waals surface area contributed by atoms with Crippen molar-refractivity contribution in [2.75, 3.05) is 20.2 Å². The lowest BCUT2D eigenvalue weighted by Crippen LogP contribution is -2.49. The molecule has 168 valence electrons. The predicted molar refractivity (Wildman–Crippen MR) is 100.0 cm³/mol. The third-order valence-corrected chi connectivity index (χ3v) is 5.65. The zero-order valence-corrected chi connectivity index (χ0v) is 16.8. The molecule has 2 N–H and O–H groups in total. The van der Waals surface area contributed by atoms with Gasteiger partial charge >= 0.3 is 6.18 Å². The van der Waals surface area contributed by atoms with E-state index in [0.29, 0.717) is 19.0 Å². The molecule has 3 rings (SSSR count). The van der Waals surface area contributed by atoms with Crippen LogP contribution in [0.4, 0.5) is 17.6 Å². The fourth-order valence-corrected chi connectivity index (χ4v) is 4.52. The minimum absolute atomic E-state index is 0.0390. The number of hydrogen-bond donors (Lipinski definition) is 2. The van der Waals surface area contributed by atoms with Crippen molar-refractivity contribution >= 4 is 12.4 Å². The molecule has 0 radical (unpaired) electrons. The summed E-state index contributed by atoms with van der Waals surface area (Å²) in [6.07, 6.45) is -3.13. The number of rotatable bonds is 4. The van der Waals surface area contributed by atoms with Crippen LogP contribution >= 0.6 is 0 Å². The smallest absolute Gasteiger partial charge is 0.416 e. The molecule has 1 aliphatic carbocycles. The lowest BCUT2D eigenvalue weighted by atomic mass is 9.77. The number of amides is 1. The van der Waals surface area contributed by atoms with Gasteiger partial charge in [0.25, 0.3) is 6.47 Å². The minimum Gasteiger partial charge on any atom is -0.483 e. The van der Waals surface area contributed by atoms with Crippen molar-refractivity contribution in [1.82, 2.24) is 10.2 Å². The fourth-order valence-electron chi connectivity index (χ4n) is 4.52. The summed E-state index contributed by atoms with van der Waals surface area (Å²) in [5.74, 6) is -0.219. The normalized spacial score (nSPS) is 26.3. The van der Waals surface area contributed by atoms with Crippen molar-refractivity contribution in [2.24, 2.45) is 11.8 Å². The van der Waals surface area contributed by atoms with Crippen molar-refractivity contribution in [3.63, 3.8) is 0 Å². The Kier molecular flexibility index (Phi) is 8.19. The van der Waals surface area contributed by atoms with Crippen LogP contribution in [0.3, 0.4) is 0 Å². The lowest BCUT2D eigenvalue weighted by Gasteiger charge is -2.37. The average Bonchev–Trinajstić information content (AvgIpc) is 3.01. The molecule has 1 aromatic carbocycles. The third kappa shape index (κ3) is 6.15. The molecule has 0 bridgehead atoms. The number of carbonyl (C=O) groups is 2. The van der Waals surface area contributed by atoms with Crippen LogP contribution in [0, 0.1) is 17.7 Å². The van der Waals surface area contributed by atoms with E-state index < -0.39 is 17.6 Å². The molecule has 1 aromatic rings. The Bertz CT molecular complexity index is 744. The second kappa shape index (κ2) is 10.2. The molecule has 0 spiro atoms. The number of hydrogen-bond acceptors (Lipinski definition) is 4. The summed E-state index contributed by atoms with van der Waals surface area (Å²) in [5.41, 5.74) is -0.826. The largest absolute Gasteiger partial charge is 0.483 e. The highest BCUT2D eigenvalue weighted by molar-refractivity contribution is 5.73. The van der Waals surface area contributed by atoms with Crippen LogP contribution in [0.2, 0.25) is 0 Å². The van der Waals surface area contributed by atoms with Gasteiger partial charge in [-0.15, -0.1) is 0 Å². The maximum Gasteiger partial charge on any atom is 0.416 e. The van der Waals surface area contributed by atoms with Crippen molar-refractivity contribution in [3.05, 3.63) is 35.1 Å². The summed E-state index contributed by atoms with van der Waals surface area (Å²) in [5, 5.41) is 9.80. The number of carboxylic acid groups (broad SMARTS) is 1. The molecule has 2 aliphatic rings. The van der Waals surface area contributed by atoms with Gasteiger partial charge in [-0.3, -0.25) is 14.5 Å². The van der Waals surface area contributed by atoms with Gasteiger partial charge in [0.05, 0.1) is 17.7 Å². The summed E-state index contributed by atoms with van der Waals surface area (Å²) in [6.45, 7) is 2.54. The van der Waals surface area contributed by atoms with Gasteiger partial charge in [0.1, 0.15) is 5.82 Å². The molecule has 4 atom stereocenters. The number of alkyl halides is 3. The Balaban J connectivity index is 0.00000101. The van der Waals surface area contributed by atoms with Crippen LogP contribution in [0.5, 0.6) is 0 Å². The van der Waals surface area contributed by atoms with Crippen LogP contribution in [0.1, 0.15) is 30.9 Å². The summed E-state index contributed by atoms with van der Waals surface area (Å²) in [7, 11) is 1.61. The van der Waals surface area contributed by atoms with Crippen LogP contribution in [-0.4, -0.2) is 54.7 Å². The zero-order chi connectivity index (χ0) is 22.5. The highest BCUT2D eigenvalue weighted by Gasteiger charge is 2.43. The summed E-state index contributed by atoms with van der Waals surface area (Å²) < 4.78 is 58.7. The summed E-state index contributed by atoms with van der Waals surface area (Å²) >= 11 is 0. The van der Waals surface area contributed by atoms with E-state index in [-0.39, 0.29) is 42.6 Å². The monoisotopic (exact) mass is 434 g/mol. The van der Waals surface area contributed by atoms with E-state index in [4.69, 9.17) is 14.6 Å². The Morgan fingerprint density at radius 1 is 1.30 bits per heavy atom. The molecule has 1 heterocycles. The van der Waals surface area contributed by atoms with Crippen molar-refractivity contribution in [1.29, 1.82) is 0 Å². The average molecular weight is 434 g/mol. The van der Waals surface area contributed by atoms with Gasteiger partial charge in [-0.05, 0) is 48.4 Å².